The van der Waals surface area contributed by atoms with Crippen LogP contribution >= 0.6 is 11.3 Å². The second kappa shape index (κ2) is 8.12. The molecule has 1 N–H and O–H groups in total. The maximum Gasteiger partial charge on any atom is 0.270 e. The normalized spacial score (nSPS) is 13.2. The van der Waals surface area contributed by atoms with Crippen molar-refractivity contribution in [2.24, 2.45) is 0 Å². The summed E-state index contributed by atoms with van der Waals surface area (Å²) in [7, 11) is 0. The van der Waals surface area contributed by atoms with E-state index in [4.69, 9.17) is 9.26 Å². The van der Waals surface area contributed by atoms with Gasteiger partial charge in [-0.05, 0) is 47.5 Å². The van der Waals surface area contributed by atoms with Crippen LogP contribution in [0.1, 0.15) is 24.6 Å². The summed E-state index contributed by atoms with van der Waals surface area (Å²) in [6.45, 7) is -0.0862. The monoisotopic (exact) mass is 417 g/mol. The average Bonchev–Trinajstić information content (AvgIpc) is 3.34. The molecule has 0 spiro atoms. The first-order valence-corrected chi connectivity index (χ1v) is 10.6. The fourth-order valence-corrected chi connectivity index (χ4v) is 3.89. The molecular formula is C23H19N3O3S. The molecule has 1 amide bonds. The van der Waals surface area contributed by atoms with Gasteiger partial charge in [0.1, 0.15) is 10.6 Å². The maximum atomic E-state index is 12.4. The van der Waals surface area contributed by atoms with Crippen LogP contribution in [0, 0.1) is 0 Å². The lowest BCUT2D eigenvalue weighted by Crippen LogP contribution is -2.20. The Bertz CT molecular complexity index is 1150. The molecule has 5 rings (SSSR count). The van der Waals surface area contributed by atoms with Crippen LogP contribution in [0.4, 0.5) is 5.69 Å². The fraction of sp³-hybridized carbons (Fsp3) is 0.174. The highest BCUT2D eigenvalue weighted by molar-refractivity contribution is 7.14. The first-order valence-electron chi connectivity index (χ1n) is 9.76. The third-order valence-corrected chi connectivity index (χ3v) is 5.75. The van der Waals surface area contributed by atoms with Gasteiger partial charge in [-0.1, -0.05) is 47.6 Å². The maximum absolute atomic E-state index is 12.4. The summed E-state index contributed by atoms with van der Waals surface area (Å²) in [5.41, 5.74) is 2.89. The number of benzene rings is 2. The Morgan fingerprint density at radius 3 is 2.60 bits per heavy atom. The third-order valence-electron chi connectivity index (χ3n) is 4.85. The van der Waals surface area contributed by atoms with Crippen molar-refractivity contribution < 1.29 is 14.1 Å². The molecule has 0 saturated heterocycles. The summed E-state index contributed by atoms with van der Waals surface area (Å²) in [5.74, 6) is 2.00. The van der Waals surface area contributed by atoms with E-state index in [0.29, 0.717) is 23.2 Å². The molecule has 1 fully saturated rings. The van der Waals surface area contributed by atoms with Crippen LogP contribution in [0.3, 0.4) is 0 Å². The average molecular weight is 417 g/mol. The van der Waals surface area contributed by atoms with E-state index in [2.05, 4.69) is 27.6 Å². The van der Waals surface area contributed by atoms with Gasteiger partial charge in [-0.3, -0.25) is 4.79 Å². The van der Waals surface area contributed by atoms with Gasteiger partial charge in [0.15, 0.2) is 12.4 Å². The number of anilines is 1. The van der Waals surface area contributed by atoms with Gasteiger partial charge < -0.3 is 14.6 Å². The Labute approximate surface area is 177 Å². The topological polar surface area (TPSA) is 77.2 Å². The number of hydrogen-bond acceptors (Lipinski definition) is 6. The number of nitrogens with zero attached hydrogens (tertiary/aromatic N) is 2. The van der Waals surface area contributed by atoms with E-state index in [-0.39, 0.29) is 12.5 Å². The molecule has 150 valence electrons. The zero-order chi connectivity index (χ0) is 20.3. The van der Waals surface area contributed by atoms with Crippen LogP contribution in [0.15, 0.2) is 70.6 Å². The van der Waals surface area contributed by atoms with Crippen molar-refractivity contribution in [3.8, 4) is 27.6 Å². The minimum Gasteiger partial charge on any atom is -0.484 e. The van der Waals surface area contributed by atoms with Gasteiger partial charge in [0.25, 0.3) is 11.8 Å². The predicted octanol–water partition coefficient (Wildman–Crippen LogP) is 5.36. The van der Waals surface area contributed by atoms with Crippen molar-refractivity contribution >= 4 is 22.9 Å². The lowest BCUT2D eigenvalue weighted by Gasteiger charge is -2.08. The molecule has 0 aliphatic heterocycles. The van der Waals surface area contributed by atoms with Crippen molar-refractivity contribution in [2.45, 2.75) is 18.8 Å². The van der Waals surface area contributed by atoms with E-state index in [0.717, 1.165) is 34.7 Å². The van der Waals surface area contributed by atoms with E-state index in [1.807, 2.05) is 53.9 Å². The van der Waals surface area contributed by atoms with Gasteiger partial charge in [0.2, 0.25) is 0 Å². The summed E-state index contributed by atoms with van der Waals surface area (Å²) in [6.07, 6.45) is 2.22. The number of carbonyl (C=O) groups excluding carboxylic acids is 1. The van der Waals surface area contributed by atoms with Gasteiger partial charge >= 0.3 is 0 Å². The molecule has 0 unspecified atom stereocenters. The number of amides is 1. The molecular weight excluding hydrogens is 398 g/mol. The number of aromatic nitrogens is 2. The highest BCUT2D eigenvalue weighted by Gasteiger charge is 2.29. The van der Waals surface area contributed by atoms with E-state index in [1.165, 1.54) is 11.3 Å². The Morgan fingerprint density at radius 1 is 1.07 bits per heavy atom. The van der Waals surface area contributed by atoms with Crippen molar-refractivity contribution in [2.75, 3.05) is 11.9 Å². The molecule has 1 aliphatic rings. The predicted molar refractivity (Wildman–Crippen MR) is 116 cm³/mol. The van der Waals surface area contributed by atoms with E-state index < -0.39 is 0 Å². The van der Waals surface area contributed by atoms with Gasteiger partial charge in [-0.25, -0.2) is 0 Å². The van der Waals surface area contributed by atoms with Gasteiger partial charge in [-0.2, -0.15) is 4.98 Å². The standard InChI is InChI=1S/C23H19N3O3S/c27-20(14-28-18-10-8-16(9-11-18)15-4-2-1-3-5-15)24-19-12-13-30-21(19)23-25-22(26-29-23)17-6-7-17/h1-5,8-13,17H,6-7,14H2,(H,24,27). The number of rotatable bonds is 7. The molecule has 4 aromatic rings. The molecule has 0 radical (unpaired) electrons. The second-order valence-corrected chi connectivity index (χ2v) is 8.04. The van der Waals surface area contributed by atoms with E-state index in [9.17, 15) is 4.79 Å². The van der Waals surface area contributed by atoms with E-state index in [1.54, 1.807) is 0 Å². The Balaban J connectivity index is 1.19. The molecule has 0 bridgehead atoms. The second-order valence-electron chi connectivity index (χ2n) is 7.12. The lowest BCUT2D eigenvalue weighted by atomic mass is 10.1. The zero-order valence-electron chi connectivity index (χ0n) is 16.1. The number of carbonyl (C=O) groups is 1. The van der Waals surface area contributed by atoms with Gasteiger partial charge in [0.05, 0.1) is 5.69 Å². The van der Waals surface area contributed by atoms with Crippen LogP contribution in [0.25, 0.3) is 21.9 Å². The quantitative estimate of drug-likeness (QED) is 0.438. The zero-order valence-corrected chi connectivity index (χ0v) is 16.9. The minimum absolute atomic E-state index is 0.0862. The molecule has 2 heterocycles. The molecule has 0 atom stereocenters. The number of nitrogens with one attached hydrogen (secondary N) is 1. The van der Waals surface area contributed by atoms with Crippen molar-refractivity contribution in [3.05, 3.63) is 71.9 Å². The van der Waals surface area contributed by atoms with Crippen LogP contribution < -0.4 is 10.1 Å². The molecule has 1 saturated carbocycles. The van der Waals surface area contributed by atoms with Crippen LogP contribution in [-0.2, 0) is 4.79 Å². The van der Waals surface area contributed by atoms with Gasteiger partial charge in [-0.15, -0.1) is 11.3 Å². The Hall–Kier alpha value is -3.45. The van der Waals surface area contributed by atoms with Crippen molar-refractivity contribution in [1.29, 1.82) is 0 Å². The molecule has 30 heavy (non-hydrogen) atoms. The smallest absolute Gasteiger partial charge is 0.270 e. The SMILES string of the molecule is O=C(COc1ccc(-c2ccccc2)cc1)Nc1ccsc1-c1nc(C2CC2)no1. The molecule has 2 aromatic carbocycles. The summed E-state index contributed by atoms with van der Waals surface area (Å²) in [5, 5.41) is 8.80. The number of ether oxygens (including phenoxy) is 1. The van der Waals surface area contributed by atoms with Crippen LogP contribution in [0.2, 0.25) is 0 Å². The van der Waals surface area contributed by atoms with Gasteiger partial charge in [0, 0.05) is 5.92 Å². The Morgan fingerprint density at radius 2 is 1.83 bits per heavy atom. The summed E-state index contributed by atoms with van der Waals surface area (Å²) < 4.78 is 11.0. The largest absolute Gasteiger partial charge is 0.484 e. The summed E-state index contributed by atoms with van der Waals surface area (Å²) in [6, 6.07) is 19.6. The van der Waals surface area contributed by atoms with Crippen LogP contribution in [-0.4, -0.2) is 22.7 Å². The lowest BCUT2D eigenvalue weighted by molar-refractivity contribution is -0.118. The van der Waals surface area contributed by atoms with Crippen molar-refractivity contribution in [3.63, 3.8) is 0 Å². The number of hydrogen-bond donors (Lipinski definition) is 1. The van der Waals surface area contributed by atoms with Crippen molar-refractivity contribution in [1.82, 2.24) is 10.1 Å². The fourth-order valence-electron chi connectivity index (χ4n) is 3.12. The van der Waals surface area contributed by atoms with Crippen LogP contribution in [0.5, 0.6) is 5.75 Å². The number of thiophene rings is 1. The minimum atomic E-state index is -0.247. The first kappa shape index (κ1) is 18.6. The molecule has 6 nitrogen and oxygen atoms in total. The highest BCUT2D eigenvalue weighted by Crippen LogP contribution is 2.40. The highest BCUT2D eigenvalue weighted by atomic mass is 32.1. The Kier molecular flexibility index (Phi) is 5.03. The first-order chi connectivity index (χ1) is 14.8. The molecule has 1 aliphatic carbocycles. The molecule has 2 aromatic heterocycles. The molecule has 7 heteroatoms. The van der Waals surface area contributed by atoms with E-state index >= 15 is 0 Å². The summed E-state index contributed by atoms with van der Waals surface area (Å²) in [4.78, 5) is 17.6. The third kappa shape index (κ3) is 4.11. The summed E-state index contributed by atoms with van der Waals surface area (Å²) >= 11 is 1.45.